The number of rotatable bonds is 4. The summed E-state index contributed by atoms with van der Waals surface area (Å²) in [4.78, 5) is 17.9. The van der Waals surface area contributed by atoms with Crippen LogP contribution in [0, 0.1) is 6.92 Å². The van der Waals surface area contributed by atoms with E-state index < -0.39 is 0 Å². The van der Waals surface area contributed by atoms with Crippen molar-refractivity contribution >= 4 is 28.8 Å². The highest BCUT2D eigenvalue weighted by Crippen LogP contribution is 2.29. The average Bonchev–Trinajstić information content (AvgIpc) is 2.90. The molecule has 2 heterocycles. The third-order valence-corrected chi connectivity index (χ3v) is 5.43. The summed E-state index contributed by atoms with van der Waals surface area (Å²) in [6, 6.07) is 7.88. The number of nitrogens with one attached hydrogen (secondary N) is 2. The van der Waals surface area contributed by atoms with Gasteiger partial charge in [0.05, 0.1) is 12.1 Å². The van der Waals surface area contributed by atoms with Gasteiger partial charge in [-0.2, -0.15) is 0 Å². The van der Waals surface area contributed by atoms with E-state index in [0.29, 0.717) is 11.4 Å². The Labute approximate surface area is 145 Å². The number of amides is 1. The molecule has 122 valence electrons. The second-order valence-electron chi connectivity index (χ2n) is 5.82. The van der Waals surface area contributed by atoms with Crippen LogP contribution in [0.4, 0.5) is 0 Å². The summed E-state index contributed by atoms with van der Waals surface area (Å²) in [5.74, 6) is 0.0770. The zero-order valence-corrected chi connectivity index (χ0v) is 14.6. The highest BCUT2D eigenvalue weighted by Gasteiger charge is 2.17. The first-order valence-electron chi connectivity index (χ1n) is 7.84. The lowest BCUT2D eigenvalue weighted by atomic mass is 10.1. The predicted octanol–water partition coefficient (Wildman–Crippen LogP) is 3.18. The van der Waals surface area contributed by atoms with Gasteiger partial charge in [-0.25, -0.2) is 4.98 Å². The number of benzene rings is 1. The van der Waals surface area contributed by atoms with Crippen molar-refractivity contribution in [1.82, 2.24) is 15.6 Å². The van der Waals surface area contributed by atoms with Crippen molar-refractivity contribution in [3.8, 4) is 10.6 Å². The van der Waals surface area contributed by atoms with Crippen LogP contribution in [0.3, 0.4) is 0 Å². The van der Waals surface area contributed by atoms with Crippen LogP contribution in [0.15, 0.2) is 24.3 Å². The van der Waals surface area contributed by atoms with Gasteiger partial charge in [-0.15, -0.1) is 11.3 Å². The van der Waals surface area contributed by atoms with Crippen molar-refractivity contribution in [3.05, 3.63) is 39.9 Å². The van der Waals surface area contributed by atoms with Gasteiger partial charge in [0.1, 0.15) is 5.01 Å². The van der Waals surface area contributed by atoms with Crippen LogP contribution in [-0.4, -0.2) is 30.0 Å². The lowest BCUT2D eigenvalue weighted by Crippen LogP contribution is -2.46. The number of carbonyl (C=O) groups is 1. The molecule has 1 amide bonds. The fourth-order valence-corrected chi connectivity index (χ4v) is 3.90. The van der Waals surface area contributed by atoms with Crippen LogP contribution in [0.2, 0.25) is 5.02 Å². The summed E-state index contributed by atoms with van der Waals surface area (Å²) in [6.45, 7) is 3.87. The van der Waals surface area contributed by atoms with Gasteiger partial charge in [0.25, 0.3) is 0 Å². The minimum atomic E-state index is 0.0770. The molecular weight excluding hydrogens is 330 g/mol. The van der Waals surface area contributed by atoms with E-state index in [-0.39, 0.29) is 11.9 Å². The van der Waals surface area contributed by atoms with E-state index in [1.54, 1.807) is 11.3 Å². The predicted molar refractivity (Wildman–Crippen MR) is 95.0 cm³/mol. The Kier molecular flexibility index (Phi) is 5.30. The van der Waals surface area contributed by atoms with Crippen LogP contribution in [-0.2, 0) is 11.2 Å². The number of aryl methyl sites for hydroxylation is 1. The zero-order valence-electron chi connectivity index (χ0n) is 13.1. The van der Waals surface area contributed by atoms with E-state index in [0.717, 1.165) is 47.1 Å². The normalized spacial score (nSPS) is 17.9. The fraction of sp³-hybridized carbons (Fsp3) is 0.412. The van der Waals surface area contributed by atoms with Gasteiger partial charge in [-0.05, 0) is 38.4 Å². The van der Waals surface area contributed by atoms with E-state index in [9.17, 15) is 4.79 Å². The Morgan fingerprint density at radius 3 is 2.91 bits per heavy atom. The van der Waals surface area contributed by atoms with Crippen molar-refractivity contribution in [1.29, 1.82) is 0 Å². The van der Waals surface area contributed by atoms with Crippen molar-refractivity contribution in [2.75, 3.05) is 13.1 Å². The molecule has 1 aliphatic heterocycles. The number of hydrogen-bond acceptors (Lipinski definition) is 4. The maximum absolute atomic E-state index is 12.2. The average molecular weight is 350 g/mol. The van der Waals surface area contributed by atoms with Crippen LogP contribution in [0.5, 0.6) is 0 Å². The first kappa shape index (κ1) is 16.4. The number of aromatic nitrogens is 1. The van der Waals surface area contributed by atoms with Crippen molar-refractivity contribution < 1.29 is 4.79 Å². The first-order chi connectivity index (χ1) is 11.1. The van der Waals surface area contributed by atoms with Gasteiger partial charge >= 0.3 is 0 Å². The Balaban J connectivity index is 1.66. The molecule has 1 aromatic heterocycles. The van der Waals surface area contributed by atoms with Crippen LogP contribution in [0.25, 0.3) is 10.6 Å². The highest BCUT2D eigenvalue weighted by atomic mass is 35.5. The van der Waals surface area contributed by atoms with E-state index in [2.05, 4.69) is 15.6 Å². The molecule has 0 spiro atoms. The molecule has 23 heavy (non-hydrogen) atoms. The molecule has 0 radical (unpaired) electrons. The first-order valence-corrected chi connectivity index (χ1v) is 9.03. The SMILES string of the molecule is Cc1nc(-c2ccc(Cl)cc2)sc1CC(=O)NC1CCCNC1. The maximum Gasteiger partial charge on any atom is 0.225 e. The number of carbonyl (C=O) groups excluding carboxylic acids is 1. The molecule has 1 unspecified atom stereocenters. The third-order valence-electron chi connectivity index (χ3n) is 3.97. The molecule has 0 aliphatic carbocycles. The Morgan fingerprint density at radius 2 is 2.22 bits per heavy atom. The molecule has 1 saturated heterocycles. The molecule has 1 aliphatic rings. The van der Waals surface area contributed by atoms with Crippen LogP contribution >= 0.6 is 22.9 Å². The largest absolute Gasteiger partial charge is 0.352 e. The minimum absolute atomic E-state index is 0.0770. The number of halogens is 1. The lowest BCUT2D eigenvalue weighted by Gasteiger charge is -2.23. The Morgan fingerprint density at radius 1 is 1.43 bits per heavy atom. The van der Waals surface area contributed by atoms with Crippen molar-refractivity contribution in [3.63, 3.8) is 0 Å². The van der Waals surface area contributed by atoms with E-state index in [4.69, 9.17) is 11.6 Å². The monoisotopic (exact) mass is 349 g/mol. The highest BCUT2D eigenvalue weighted by molar-refractivity contribution is 7.15. The smallest absolute Gasteiger partial charge is 0.225 e. The molecule has 6 heteroatoms. The molecule has 1 atom stereocenters. The van der Waals surface area contributed by atoms with Gasteiger partial charge < -0.3 is 10.6 Å². The van der Waals surface area contributed by atoms with Crippen molar-refractivity contribution in [2.45, 2.75) is 32.2 Å². The van der Waals surface area contributed by atoms with Gasteiger partial charge in [0, 0.05) is 28.0 Å². The molecular formula is C17H20ClN3OS. The zero-order chi connectivity index (χ0) is 16.2. The molecule has 0 saturated carbocycles. The Bertz CT molecular complexity index is 678. The summed E-state index contributed by atoms with van der Waals surface area (Å²) in [7, 11) is 0. The molecule has 3 rings (SSSR count). The topological polar surface area (TPSA) is 54.0 Å². The van der Waals surface area contributed by atoms with Gasteiger partial charge in [0.2, 0.25) is 5.91 Å². The summed E-state index contributed by atoms with van der Waals surface area (Å²) < 4.78 is 0. The summed E-state index contributed by atoms with van der Waals surface area (Å²) >= 11 is 7.50. The number of thiazole rings is 1. The van der Waals surface area contributed by atoms with Crippen LogP contribution < -0.4 is 10.6 Å². The summed E-state index contributed by atoms with van der Waals surface area (Å²) in [5.41, 5.74) is 1.96. The number of piperidine rings is 1. The summed E-state index contributed by atoms with van der Waals surface area (Å²) in [5, 5.41) is 8.06. The second-order valence-corrected chi connectivity index (χ2v) is 7.34. The van der Waals surface area contributed by atoms with Crippen molar-refractivity contribution in [2.24, 2.45) is 0 Å². The Hall–Kier alpha value is -1.43. The van der Waals surface area contributed by atoms with E-state index in [1.807, 2.05) is 31.2 Å². The lowest BCUT2D eigenvalue weighted by molar-refractivity contribution is -0.121. The molecule has 0 bridgehead atoms. The quantitative estimate of drug-likeness (QED) is 0.891. The van der Waals surface area contributed by atoms with Crippen LogP contribution in [0.1, 0.15) is 23.4 Å². The standard InChI is InChI=1S/C17H20ClN3OS/c1-11-15(9-16(22)21-14-3-2-8-19-10-14)23-17(20-11)12-4-6-13(18)7-5-12/h4-7,14,19H,2-3,8-10H2,1H3,(H,21,22). The van der Waals surface area contributed by atoms with Gasteiger partial charge in [-0.3, -0.25) is 4.79 Å². The number of hydrogen-bond donors (Lipinski definition) is 2. The van der Waals surface area contributed by atoms with Gasteiger partial charge in [0.15, 0.2) is 0 Å². The fourth-order valence-electron chi connectivity index (χ4n) is 2.71. The molecule has 2 aromatic rings. The molecule has 1 aromatic carbocycles. The third kappa shape index (κ3) is 4.31. The second kappa shape index (κ2) is 7.43. The maximum atomic E-state index is 12.2. The number of nitrogens with zero attached hydrogens (tertiary/aromatic N) is 1. The molecule has 2 N–H and O–H groups in total. The van der Waals surface area contributed by atoms with Gasteiger partial charge in [-0.1, -0.05) is 23.7 Å². The van der Waals surface area contributed by atoms with E-state index in [1.165, 1.54) is 0 Å². The summed E-state index contributed by atoms with van der Waals surface area (Å²) in [6.07, 6.45) is 2.56. The minimum Gasteiger partial charge on any atom is -0.352 e. The molecule has 1 fully saturated rings. The molecule has 4 nitrogen and oxygen atoms in total. The van der Waals surface area contributed by atoms with E-state index >= 15 is 0 Å².